The fourth-order valence-electron chi connectivity index (χ4n) is 1.97. The van der Waals surface area contributed by atoms with Crippen LogP contribution >= 0.6 is 0 Å². The highest BCUT2D eigenvalue weighted by atomic mass is 13.9. The van der Waals surface area contributed by atoms with Gasteiger partial charge < -0.3 is 0 Å². The molecule has 0 aromatic carbocycles. The number of rotatable bonds is 13. The third-order valence-electron chi connectivity index (χ3n) is 3.15. The van der Waals surface area contributed by atoms with Crippen molar-refractivity contribution in [3.8, 4) is 0 Å². The van der Waals surface area contributed by atoms with Gasteiger partial charge in [0.2, 0.25) is 0 Å². The predicted octanol–water partition coefficient (Wildman–Crippen LogP) is 6.80. The standard InChI is InChI=1S/C19H33/c1-3-5-7-9-11-13-15-17-19-18-16-14-12-10-8-6-4-2/h6,8,12,14,18-19H,1,3-5,7,9-11,13,15-17H2,2H3/b8-6+,14-12+,19-18+. The first-order valence-corrected chi connectivity index (χ1v) is 8.16. The summed E-state index contributed by atoms with van der Waals surface area (Å²) in [5, 5.41) is 0. The van der Waals surface area contributed by atoms with Crippen molar-refractivity contribution >= 4 is 0 Å². The third kappa shape index (κ3) is 17.2. The highest BCUT2D eigenvalue weighted by Gasteiger charge is 1.88. The van der Waals surface area contributed by atoms with E-state index in [-0.39, 0.29) is 0 Å². The maximum atomic E-state index is 3.87. The maximum Gasteiger partial charge on any atom is -0.0169 e. The average molecular weight is 261 g/mol. The zero-order chi connectivity index (χ0) is 14.0. The maximum absolute atomic E-state index is 3.87. The van der Waals surface area contributed by atoms with Gasteiger partial charge >= 0.3 is 0 Å². The zero-order valence-corrected chi connectivity index (χ0v) is 12.9. The van der Waals surface area contributed by atoms with Crippen LogP contribution in [0.1, 0.15) is 77.6 Å². The summed E-state index contributed by atoms with van der Waals surface area (Å²) < 4.78 is 0. The summed E-state index contributed by atoms with van der Waals surface area (Å²) in [6, 6.07) is 0. The molecule has 0 fully saturated rings. The van der Waals surface area contributed by atoms with Gasteiger partial charge in [0.1, 0.15) is 0 Å². The average Bonchev–Trinajstić information content (AvgIpc) is 2.43. The van der Waals surface area contributed by atoms with Crippen molar-refractivity contribution in [2.24, 2.45) is 0 Å². The monoisotopic (exact) mass is 261 g/mol. The van der Waals surface area contributed by atoms with Gasteiger partial charge in [-0.3, -0.25) is 0 Å². The van der Waals surface area contributed by atoms with Crippen LogP contribution in [0.4, 0.5) is 0 Å². The summed E-state index contributed by atoms with van der Waals surface area (Å²) in [4.78, 5) is 0. The highest BCUT2D eigenvalue weighted by molar-refractivity contribution is 4.96. The molecule has 0 aromatic rings. The lowest BCUT2D eigenvalue weighted by molar-refractivity contribution is 0.599. The molecule has 1 radical (unpaired) electrons. The van der Waals surface area contributed by atoms with Gasteiger partial charge in [0.25, 0.3) is 0 Å². The molecule has 0 aliphatic carbocycles. The molecule has 0 nitrogen and oxygen atoms in total. The second-order valence-corrected chi connectivity index (χ2v) is 5.06. The normalized spacial score (nSPS) is 12.3. The lowest BCUT2D eigenvalue weighted by Crippen LogP contribution is -1.78. The van der Waals surface area contributed by atoms with E-state index < -0.39 is 0 Å². The minimum absolute atomic E-state index is 1.08. The molecule has 0 aliphatic rings. The molecule has 0 aromatic heterocycles. The molecule has 0 amide bonds. The minimum atomic E-state index is 1.08. The first-order chi connectivity index (χ1) is 9.41. The second kappa shape index (κ2) is 17.2. The Morgan fingerprint density at radius 3 is 1.79 bits per heavy atom. The summed E-state index contributed by atoms with van der Waals surface area (Å²) in [5.74, 6) is 0. The van der Waals surface area contributed by atoms with Crippen molar-refractivity contribution in [1.29, 1.82) is 0 Å². The Balaban J connectivity index is 3.19. The SMILES string of the molecule is [CH2]CCCCCCCC/C=C/C/C=C/C/C=C/CC. The van der Waals surface area contributed by atoms with Gasteiger partial charge in [-0.2, -0.15) is 0 Å². The van der Waals surface area contributed by atoms with Crippen LogP contribution < -0.4 is 0 Å². The molecule has 0 unspecified atom stereocenters. The van der Waals surface area contributed by atoms with Gasteiger partial charge in [0.15, 0.2) is 0 Å². The van der Waals surface area contributed by atoms with E-state index in [0.717, 1.165) is 25.7 Å². The highest BCUT2D eigenvalue weighted by Crippen LogP contribution is 2.08. The first-order valence-electron chi connectivity index (χ1n) is 8.16. The molecule has 0 bridgehead atoms. The molecule has 0 aliphatic heterocycles. The Bertz CT molecular complexity index is 232. The van der Waals surface area contributed by atoms with Crippen molar-refractivity contribution < 1.29 is 0 Å². The molecule has 0 heteroatoms. The molecule has 0 N–H and O–H groups in total. The topological polar surface area (TPSA) is 0 Å². The van der Waals surface area contributed by atoms with Crippen LogP contribution in [0, 0.1) is 6.92 Å². The van der Waals surface area contributed by atoms with Crippen LogP contribution in [0.5, 0.6) is 0 Å². The molecule has 0 atom stereocenters. The third-order valence-corrected chi connectivity index (χ3v) is 3.15. The molecular weight excluding hydrogens is 228 g/mol. The van der Waals surface area contributed by atoms with E-state index >= 15 is 0 Å². The van der Waals surface area contributed by atoms with E-state index in [1.54, 1.807) is 0 Å². The number of allylic oxidation sites excluding steroid dienone is 6. The van der Waals surface area contributed by atoms with Crippen LogP contribution in [0.3, 0.4) is 0 Å². The number of hydrogen-bond acceptors (Lipinski definition) is 0. The van der Waals surface area contributed by atoms with E-state index in [9.17, 15) is 0 Å². The molecule has 0 saturated carbocycles. The Morgan fingerprint density at radius 2 is 1.16 bits per heavy atom. The zero-order valence-electron chi connectivity index (χ0n) is 12.9. The van der Waals surface area contributed by atoms with Gasteiger partial charge in [-0.1, -0.05) is 88.8 Å². The van der Waals surface area contributed by atoms with Crippen LogP contribution in [-0.2, 0) is 0 Å². The first kappa shape index (κ1) is 18.2. The fraction of sp³-hybridized carbons (Fsp3) is 0.632. The lowest BCUT2D eigenvalue weighted by Gasteiger charge is -1.98. The number of hydrogen-bond donors (Lipinski definition) is 0. The Labute approximate surface area is 121 Å². The molecule has 109 valence electrons. The smallest absolute Gasteiger partial charge is 0.0169 e. The van der Waals surface area contributed by atoms with Crippen molar-refractivity contribution in [2.75, 3.05) is 0 Å². The van der Waals surface area contributed by atoms with Gasteiger partial charge in [-0.25, -0.2) is 0 Å². The van der Waals surface area contributed by atoms with Crippen LogP contribution in [-0.4, -0.2) is 0 Å². The van der Waals surface area contributed by atoms with E-state index in [1.807, 2.05) is 0 Å². The summed E-state index contributed by atoms with van der Waals surface area (Å²) in [5.41, 5.74) is 0. The Morgan fingerprint density at radius 1 is 0.632 bits per heavy atom. The summed E-state index contributed by atoms with van der Waals surface area (Å²) >= 11 is 0. The van der Waals surface area contributed by atoms with Crippen LogP contribution in [0.15, 0.2) is 36.5 Å². The van der Waals surface area contributed by atoms with Gasteiger partial charge in [0, 0.05) is 0 Å². The summed E-state index contributed by atoms with van der Waals surface area (Å²) in [7, 11) is 0. The van der Waals surface area contributed by atoms with E-state index in [2.05, 4.69) is 50.3 Å². The van der Waals surface area contributed by atoms with E-state index in [4.69, 9.17) is 0 Å². The number of unbranched alkanes of at least 4 members (excludes halogenated alkanes) is 7. The van der Waals surface area contributed by atoms with Crippen molar-refractivity contribution in [1.82, 2.24) is 0 Å². The van der Waals surface area contributed by atoms with Crippen molar-refractivity contribution in [3.63, 3.8) is 0 Å². The molecule has 0 heterocycles. The lowest BCUT2D eigenvalue weighted by atomic mass is 10.1. The van der Waals surface area contributed by atoms with Gasteiger partial charge in [0.05, 0.1) is 0 Å². The van der Waals surface area contributed by atoms with E-state index in [0.29, 0.717) is 0 Å². The van der Waals surface area contributed by atoms with Crippen molar-refractivity contribution in [2.45, 2.75) is 77.6 Å². The minimum Gasteiger partial charge on any atom is -0.0885 e. The fourth-order valence-corrected chi connectivity index (χ4v) is 1.97. The largest absolute Gasteiger partial charge is 0.0885 e. The summed E-state index contributed by atoms with van der Waals surface area (Å²) in [6.07, 6.45) is 27.5. The molecule has 0 spiro atoms. The Hall–Kier alpha value is -0.780. The quantitative estimate of drug-likeness (QED) is 0.252. The van der Waals surface area contributed by atoms with E-state index in [1.165, 1.54) is 44.9 Å². The van der Waals surface area contributed by atoms with Gasteiger partial charge in [-0.15, -0.1) is 0 Å². The van der Waals surface area contributed by atoms with Gasteiger partial charge in [-0.05, 0) is 32.1 Å². The molecular formula is C19H33. The molecule has 0 rings (SSSR count). The summed E-state index contributed by atoms with van der Waals surface area (Å²) in [6.45, 7) is 6.04. The Kier molecular flexibility index (Phi) is 16.5. The van der Waals surface area contributed by atoms with Crippen molar-refractivity contribution in [3.05, 3.63) is 43.4 Å². The predicted molar refractivity (Wildman–Crippen MR) is 89.2 cm³/mol. The van der Waals surface area contributed by atoms with Crippen LogP contribution in [0.25, 0.3) is 0 Å². The van der Waals surface area contributed by atoms with Crippen LogP contribution in [0.2, 0.25) is 0 Å². The molecule has 0 saturated heterocycles. The molecule has 19 heavy (non-hydrogen) atoms. The second-order valence-electron chi connectivity index (χ2n) is 5.06.